The van der Waals surface area contributed by atoms with Crippen LogP contribution < -0.4 is 0 Å². The molecule has 2 heterocycles. The molecule has 0 bridgehead atoms. The fourth-order valence-corrected chi connectivity index (χ4v) is 3.13. The molecule has 0 saturated carbocycles. The molecule has 2 aromatic carbocycles. The number of hydrogen-bond acceptors (Lipinski definition) is 1. The maximum atomic E-state index is 4.85. The lowest BCUT2D eigenvalue weighted by molar-refractivity contribution is 0.957. The second-order valence-corrected chi connectivity index (χ2v) is 5.45. The minimum absolute atomic E-state index is 1.05. The van der Waals surface area contributed by atoms with E-state index in [9.17, 15) is 0 Å². The second-order valence-electron chi connectivity index (χ2n) is 5.45. The Bertz CT molecular complexity index is 891. The van der Waals surface area contributed by atoms with Gasteiger partial charge < -0.3 is 4.57 Å². The molecule has 21 heavy (non-hydrogen) atoms. The third-order valence-corrected chi connectivity index (χ3v) is 4.16. The largest absolute Gasteiger partial charge is 0.328 e. The molecule has 0 aliphatic heterocycles. The van der Waals surface area contributed by atoms with Crippen LogP contribution in [0.5, 0.6) is 0 Å². The molecule has 4 aromatic rings. The first kappa shape index (κ1) is 12.2. The summed E-state index contributed by atoms with van der Waals surface area (Å²) in [6.45, 7) is 2.18. The van der Waals surface area contributed by atoms with E-state index in [0.29, 0.717) is 0 Å². The van der Waals surface area contributed by atoms with Gasteiger partial charge in [0, 0.05) is 17.8 Å². The summed E-state index contributed by atoms with van der Waals surface area (Å²) in [5, 5.41) is 2.42. The van der Waals surface area contributed by atoms with Crippen LogP contribution in [0.15, 0.2) is 60.7 Å². The number of rotatable bonds is 1. The van der Waals surface area contributed by atoms with Crippen molar-refractivity contribution in [1.82, 2.24) is 9.55 Å². The van der Waals surface area contributed by atoms with Gasteiger partial charge in [-0.2, -0.15) is 0 Å². The van der Waals surface area contributed by atoms with Gasteiger partial charge in [-0.1, -0.05) is 48.5 Å². The van der Waals surface area contributed by atoms with Gasteiger partial charge in [0.15, 0.2) is 0 Å². The Hall–Kier alpha value is -2.61. The number of aryl methyl sites for hydroxylation is 2. The highest BCUT2D eigenvalue weighted by Gasteiger charge is 2.14. The van der Waals surface area contributed by atoms with Crippen molar-refractivity contribution in [2.45, 2.75) is 6.92 Å². The summed E-state index contributed by atoms with van der Waals surface area (Å²) in [5.41, 5.74) is 5.86. The molecule has 0 unspecified atom stereocenters. The maximum Gasteiger partial charge on any atom is 0.141 e. The SMILES string of the molecule is Cc1c(-c2ccccc2)n(C)c2nc3ccccc3cc12. The Kier molecular flexibility index (Phi) is 2.58. The molecular weight excluding hydrogens is 256 g/mol. The van der Waals surface area contributed by atoms with E-state index >= 15 is 0 Å². The van der Waals surface area contributed by atoms with Crippen molar-refractivity contribution in [2.75, 3.05) is 0 Å². The molecule has 0 aliphatic carbocycles. The lowest BCUT2D eigenvalue weighted by atomic mass is 10.1. The number of pyridine rings is 1. The summed E-state index contributed by atoms with van der Waals surface area (Å²) in [5.74, 6) is 0. The zero-order valence-electron chi connectivity index (χ0n) is 12.2. The molecule has 102 valence electrons. The molecule has 0 atom stereocenters. The first-order valence-corrected chi connectivity index (χ1v) is 7.16. The van der Waals surface area contributed by atoms with Gasteiger partial charge in [0.2, 0.25) is 0 Å². The van der Waals surface area contributed by atoms with E-state index in [-0.39, 0.29) is 0 Å². The van der Waals surface area contributed by atoms with Gasteiger partial charge in [-0.25, -0.2) is 4.98 Å². The third-order valence-electron chi connectivity index (χ3n) is 4.16. The Labute approximate surface area is 123 Å². The number of nitrogens with zero attached hydrogens (tertiary/aromatic N) is 2. The number of benzene rings is 2. The van der Waals surface area contributed by atoms with Gasteiger partial charge >= 0.3 is 0 Å². The van der Waals surface area contributed by atoms with E-state index in [1.165, 1.54) is 27.6 Å². The van der Waals surface area contributed by atoms with Crippen LogP contribution in [0.2, 0.25) is 0 Å². The molecule has 0 radical (unpaired) electrons. The van der Waals surface area contributed by atoms with Crippen LogP contribution in [0.25, 0.3) is 33.2 Å². The van der Waals surface area contributed by atoms with E-state index in [1.54, 1.807) is 0 Å². The molecule has 0 amide bonds. The summed E-state index contributed by atoms with van der Waals surface area (Å²) >= 11 is 0. The van der Waals surface area contributed by atoms with E-state index in [4.69, 9.17) is 4.98 Å². The smallest absolute Gasteiger partial charge is 0.141 e. The van der Waals surface area contributed by atoms with Gasteiger partial charge in [-0.05, 0) is 30.2 Å². The first-order valence-electron chi connectivity index (χ1n) is 7.16. The number of aromatic nitrogens is 2. The van der Waals surface area contributed by atoms with Crippen molar-refractivity contribution in [3.05, 3.63) is 66.2 Å². The van der Waals surface area contributed by atoms with Gasteiger partial charge in [0.05, 0.1) is 11.2 Å². The summed E-state index contributed by atoms with van der Waals surface area (Å²) in [4.78, 5) is 4.85. The lowest BCUT2D eigenvalue weighted by Gasteiger charge is -2.05. The van der Waals surface area contributed by atoms with Crippen LogP contribution in [0.4, 0.5) is 0 Å². The van der Waals surface area contributed by atoms with Gasteiger partial charge in [0.25, 0.3) is 0 Å². The van der Waals surface area contributed by atoms with Crippen molar-refractivity contribution in [2.24, 2.45) is 7.05 Å². The van der Waals surface area contributed by atoms with Crippen molar-refractivity contribution in [1.29, 1.82) is 0 Å². The standard InChI is InChI=1S/C19H16N2/c1-13-16-12-15-10-6-7-11-17(15)20-19(16)21(2)18(13)14-8-4-3-5-9-14/h3-12H,1-2H3. The normalized spacial score (nSPS) is 11.3. The molecule has 2 heteroatoms. The molecule has 0 fully saturated rings. The van der Waals surface area contributed by atoms with Crippen LogP contribution in [0, 0.1) is 6.92 Å². The predicted octanol–water partition coefficient (Wildman–Crippen LogP) is 4.70. The Morgan fingerprint density at radius 1 is 0.905 bits per heavy atom. The average Bonchev–Trinajstić information content (AvgIpc) is 2.77. The quantitative estimate of drug-likeness (QED) is 0.491. The zero-order valence-corrected chi connectivity index (χ0v) is 12.2. The summed E-state index contributed by atoms with van der Waals surface area (Å²) < 4.78 is 2.20. The van der Waals surface area contributed by atoms with Crippen LogP contribution in [-0.4, -0.2) is 9.55 Å². The topological polar surface area (TPSA) is 17.8 Å². The Balaban J connectivity index is 2.12. The number of hydrogen-bond donors (Lipinski definition) is 0. The molecule has 0 saturated heterocycles. The summed E-state index contributed by atoms with van der Waals surface area (Å²) in [7, 11) is 2.10. The van der Waals surface area contributed by atoms with E-state index in [1.807, 2.05) is 12.1 Å². The highest BCUT2D eigenvalue weighted by molar-refractivity contribution is 5.97. The monoisotopic (exact) mass is 272 g/mol. The van der Waals surface area contributed by atoms with Crippen LogP contribution in [-0.2, 0) is 7.05 Å². The molecule has 0 aliphatic rings. The Morgan fingerprint density at radius 3 is 2.43 bits per heavy atom. The highest BCUT2D eigenvalue weighted by Crippen LogP contribution is 2.32. The molecule has 4 rings (SSSR count). The third kappa shape index (κ3) is 1.76. The van der Waals surface area contributed by atoms with Crippen molar-refractivity contribution in [3.8, 4) is 11.3 Å². The minimum atomic E-state index is 1.05. The zero-order chi connectivity index (χ0) is 14.4. The molecule has 2 nitrogen and oxygen atoms in total. The molecule has 0 N–H and O–H groups in total. The van der Waals surface area contributed by atoms with E-state index in [2.05, 4.69) is 67.1 Å². The first-order chi connectivity index (χ1) is 10.3. The summed E-state index contributed by atoms with van der Waals surface area (Å²) in [6, 6.07) is 21.1. The van der Waals surface area contributed by atoms with Gasteiger partial charge in [0.1, 0.15) is 5.65 Å². The average molecular weight is 272 g/mol. The maximum absolute atomic E-state index is 4.85. The molecule has 0 spiro atoms. The Morgan fingerprint density at radius 2 is 1.62 bits per heavy atom. The fraction of sp³-hybridized carbons (Fsp3) is 0.105. The van der Waals surface area contributed by atoms with E-state index in [0.717, 1.165) is 11.2 Å². The van der Waals surface area contributed by atoms with Crippen LogP contribution in [0.1, 0.15) is 5.56 Å². The van der Waals surface area contributed by atoms with Crippen molar-refractivity contribution < 1.29 is 0 Å². The van der Waals surface area contributed by atoms with Crippen LogP contribution >= 0.6 is 0 Å². The van der Waals surface area contributed by atoms with E-state index < -0.39 is 0 Å². The van der Waals surface area contributed by atoms with Gasteiger partial charge in [-0.3, -0.25) is 0 Å². The number of fused-ring (bicyclic) bond motifs is 2. The van der Waals surface area contributed by atoms with Crippen molar-refractivity contribution >= 4 is 21.9 Å². The minimum Gasteiger partial charge on any atom is -0.328 e. The number of para-hydroxylation sites is 1. The predicted molar refractivity (Wildman–Crippen MR) is 88.4 cm³/mol. The van der Waals surface area contributed by atoms with Crippen molar-refractivity contribution in [3.63, 3.8) is 0 Å². The fourth-order valence-electron chi connectivity index (χ4n) is 3.13. The highest BCUT2D eigenvalue weighted by atomic mass is 15.0. The van der Waals surface area contributed by atoms with Gasteiger partial charge in [-0.15, -0.1) is 0 Å². The molecular formula is C19H16N2. The lowest BCUT2D eigenvalue weighted by Crippen LogP contribution is -1.93. The van der Waals surface area contributed by atoms with Crippen LogP contribution in [0.3, 0.4) is 0 Å². The summed E-state index contributed by atoms with van der Waals surface area (Å²) in [6.07, 6.45) is 0. The second kappa shape index (κ2) is 4.45. The molecule has 2 aromatic heterocycles.